The zero-order chi connectivity index (χ0) is 26.0. The highest BCUT2D eigenvalue weighted by Crippen LogP contribution is 2.73. The molecule has 0 aromatic heterocycles. The van der Waals surface area contributed by atoms with Crippen LogP contribution in [-0.2, 0) is 20.7 Å². The molecule has 0 radical (unpaired) electrons. The monoisotopic (exact) mass is 505 g/mol. The van der Waals surface area contributed by atoms with E-state index in [4.69, 9.17) is 9.47 Å². The molecular formula is C32H43NO4. The van der Waals surface area contributed by atoms with Crippen molar-refractivity contribution in [1.29, 1.82) is 0 Å². The Morgan fingerprint density at radius 1 is 1.03 bits per heavy atom. The van der Waals surface area contributed by atoms with Crippen molar-refractivity contribution < 1.29 is 19.4 Å². The van der Waals surface area contributed by atoms with Crippen LogP contribution in [0.1, 0.15) is 82.8 Å². The number of fused-ring (bicyclic) bond motifs is 4. The van der Waals surface area contributed by atoms with Gasteiger partial charge >= 0.3 is 0 Å². The van der Waals surface area contributed by atoms with E-state index in [1.165, 1.54) is 22.4 Å². The molecule has 4 fully saturated rings. The van der Waals surface area contributed by atoms with Crippen LogP contribution in [0.4, 0.5) is 5.69 Å². The fourth-order valence-electron chi connectivity index (χ4n) is 9.70. The minimum Gasteiger partial charge on any atom is -0.389 e. The van der Waals surface area contributed by atoms with Crippen molar-refractivity contribution in [3.05, 3.63) is 41.0 Å². The first-order valence-electron chi connectivity index (χ1n) is 14.5. The number of rotatable bonds is 1. The number of hydrogen-bond donors (Lipinski definition) is 1. The van der Waals surface area contributed by atoms with Crippen molar-refractivity contribution in [2.75, 3.05) is 32.2 Å². The minimum absolute atomic E-state index is 0.00737. The number of nitrogens with zero attached hydrogens (tertiary/aromatic N) is 1. The lowest BCUT2D eigenvalue weighted by Crippen LogP contribution is -2.69. The Hall–Kier alpha value is -1.69. The summed E-state index contributed by atoms with van der Waals surface area (Å²) in [6.45, 7) is 7.93. The third-order valence-electron chi connectivity index (χ3n) is 11.6. The average molecular weight is 506 g/mol. The van der Waals surface area contributed by atoms with E-state index in [1.807, 2.05) is 0 Å². The fraction of sp³-hybridized carbons (Fsp3) is 0.719. The maximum absolute atomic E-state index is 13.3. The molecule has 1 N–H and O–H groups in total. The van der Waals surface area contributed by atoms with Crippen LogP contribution < -0.4 is 4.90 Å². The van der Waals surface area contributed by atoms with Gasteiger partial charge in [0.15, 0.2) is 5.79 Å². The Balaban J connectivity index is 1.36. The smallest absolute Gasteiger partial charge is 0.171 e. The first-order chi connectivity index (χ1) is 17.4. The van der Waals surface area contributed by atoms with E-state index >= 15 is 0 Å². The van der Waals surface area contributed by atoms with Gasteiger partial charge in [-0.25, -0.2) is 0 Å². The number of anilines is 1. The molecule has 0 bridgehead atoms. The lowest BCUT2D eigenvalue weighted by atomic mass is 9.38. The Bertz CT molecular complexity index is 1190. The summed E-state index contributed by atoms with van der Waals surface area (Å²) in [5, 5.41) is 12.8. The van der Waals surface area contributed by atoms with E-state index in [2.05, 4.69) is 64.0 Å². The standard InChI is InChI=1S/C32H43NO4/c1-28(2)18-36-32(37-19-28)13-12-30-15-20-14-21(33(4)5)6-7-22(20)24-16-29(3)25(8-9-26(29)34)23(27(24)30)10-11-31(30,35)17-32/h6-8,14,23-24,27,35H,9-13,15-19H2,1-5H3/t23-,24?,27?,29-,30-,31+/m0/s1. The highest BCUT2D eigenvalue weighted by atomic mass is 16.7. The van der Waals surface area contributed by atoms with Gasteiger partial charge in [-0.1, -0.05) is 31.6 Å². The first kappa shape index (κ1) is 24.4. The van der Waals surface area contributed by atoms with E-state index in [0.29, 0.717) is 49.6 Å². The minimum atomic E-state index is -0.838. The summed E-state index contributed by atoms with van der Waals surface area (Å²) in [7, 11) is 4.19. The van der Waals surface area contributed by atoms with Gasteiger partial charge in [0.25, 0.3) is 0 Å². The largest absolute Gasteiger partial charge is 0.389 e. The second-order valence-corrected chi connectivity index (χ2v) is 14.6. The molecule has 1 heterocycles. The van der Waals surface area contributed by atoms with E-state index in [1.54, 1.807) is 0 Å². The topological polar surface area (TPSA) is 59.0 Å². The number of carbonyl (C=O) groups excluding carboxylic acids is 1. The Morgan fingerprint density at radius 2 is 1.78 bits per heavy atom. The summed E-state index contributed by atoms with van der Waals surface area (Å²) in [5.41, 5.74) is 3.98. The highest BCUT2D eigenvalue weighted by Gasteiger charge is 2.71. The Kier molecular flexibility index (Phi) is 4.93. The molecule has 1 aromatic carbocycles. The number of benzene rings is 1. The van der Waals surface area contributed by atoms with Crippen LogP contribution in [0.5, 0.6) is 0 Å². The van der Waals surface area contributed by atoms with Gasteiger partial charge in [-0.15, -0.1) is 0 Å². The van der Waals surface area contributed by atoms with Crippen molar-refractivity contribution in [3.8, 4) is 0 Å². The molecule has 200 valence electrons. The number of Topliss-reactive ketones (excluding diaryl/α,β-unsaturated/α-hetero) is 1. The SMILES string of the molecule is CN(C)c1ccc2c(c1)C[C@]13CCC4(C[C@]1(O)CC[C@H]1C5=CCC(=O)[C@@]5(C)CC2C13)OCC(C)(C)CO4. The van der Waals surface area contributed by atoms with Gasteiger partial charge in [0.05, 0.1) is 18.8 Å². The summed E-state index contributed by atoms with van der Waals surface area (Å²) in [6.07, 6.45) is 8.62. The second-order valence-electron chi connectivity index (χ2n) is 14.6. The van der Waals surface area contributed by atoms with Crippen molar-refractivity contribution in [2.45, 2.75) is 89.4 Å². The fourth-order valence-corrected chi connectivity index (χ4v) is 9.70. The van der Waals surface area contributed by atoms with Crippen LogP contribution >= 0.6 is 0 Å². The van der Waals surface area contributed by atoms with E-state index in [9.17, 15) is 9.90 Å². The van der Waals surface area contributed by atoms with Crippen molar-refractivity contribution in [2.24, 2.45) is 28.1 Å². The molecule has 6 atom stereocenters. The summed E-state index contributed by atoms with van der Waals surface area (Å²) in [5.74, 6) is 0.740. The molecule has 5 heteroatoms. The predicted molar refractivity (Wildman–Crippen MR) is 144 cm³/mol. The quantitative estimate of drug-likeness (QED) is 0.518. The van der Waals surface area contributed by atoms with E-state index in [-0.39, 0.29) is 16.2 Å². The molecule has 2 unspecified atom stereocenters. The molecular weight excluding hydrogens is 462 g/mol. The van der Waals surface area contributed by atoms with Crippen LogP contribution in [0.3, 0.4) is 0 Å². The molecule has 37 heavy (non-hydrogen) atoms. The van der Waals surface area contributed by atoms with Crippen LogP contribution in [0.2, 0.25) is 0 Å². The molecule has 5 aliphatic carbocycles. The molecule has 1 aromatic rings. The second kappa shape index (κ2) is 7.49. The number of carbonyl (C=O) groups is 1. The van der Waals surface area contributed by atoms with Gasteiger partial charge in [0, 0.05) is 55.3 Å². The highest BCUT2D eigenvalue weighted by molar-refractivity contribution is 5.92. The van der Waals surface area contributed by atoms with Crippen molar-refractivity contribution in [3.63, 3.8) is 0 Å². The summed E-state index contributed by atoms with van der Waals surface area (Å²) >= 11 is 0. The Labute approximate surface area is 221 Å². The molecule has 6 aliphatic rings. The number of aliphatic hydroxyl groups is 1. The van der Waals surface area contributed by atoms with Gasteiger partial charge < -0.3 is 19.5 Å². The van der Waals surface area contributed by atoms with Gasteiger partial charge in [-0.05, 0) is 80.0 Å². The molecule has 1 aliphatic heterocycles. The lowest BCUT2D eigenvalue weighted by molar-refractivity contribution is -0.355. The molecule has 0 amide bonds. The Morgan fingerprint density at radius 3 is 2.51 bits per heavy atom. The summed E-state index contributed by atoms with van der Waals surface area (Å²) < 4.78 is 13.0. The maximum Gasteiger partial charge on any atom is 0.171 e. The number of ketones is 1. The summed E-state index contributed by atoms with van der Waals surface area (Å²) in [6, 6.07) is 6.94. The third-order valence-corrected chi connectivity index (χ3v) is 11.6. The van der Waals surface area contributed by atoms with E-state index in [0.717, 1.165) is 38.5 Å². The maximum atomic E-state index is 13.3. The summed E-state index contributed by atoms with van der Waals surface area (Å²) in [4.78, 5) is 15.5. The van der Waals surface area contributed by atoms with Crippen LogP contribution in [0, 0.1) is 28.1 Å². The third kappa shape index (κ3) is 3.17. The van der Waals surface area contributed by atoms with Crippen LogP contribution in [0.15, 0.2) is 29.8 Å². The molecule has 5 nitrogen and oxygen atoms in total. The van der Waals surface area contributed by atoms with Crippen molar-refractivity contribution >= 4 is 11.5 Å². The predicted octanol–water partition coefficient (Wildman–Crippen LogP) is 5.40. The lowest BCUT2D eigenvalue weighted by Gasteiger charge is -2.69. The zero-order valence-corrected chi connectivity index (χ0v) is 23.2. The molecule has 3 saturated carbocycles. The number of ether oxygens (including phenoxy) is 2. The molecule has 7 rings (SSSR count). The normalized spacial score (nSPS) is 42.8. The van der Waals surface area contributed by atoms with Crippen LogP contribution in [0.25, 0.3) is 0 Å². The number of allylic oxidation sites excluding steroid dienone is 2. The zero-order valence-electron chi connectivity index (χ0n) is 23.2. The first-order valence-corrected chi connectivity index (χ1v) is 14.5. The molecule has 1 saturated heterocycles. The number of hydrogen-bond acceptors (Lipinski definition) is 5. The van der Waals surface area contributed by atoms with Crippen LogP contribution in [-0.4, -0.2) is 49.6 Å². The van der Waals surface area contributed by atoms with Gasteiger partial charge in [0.2, 0.25) is 0 Å². The van der Waals surface area contributed by atoms with Gasteiger partial charge in [-0.2, -0.15) is 0 Å². The van der Waals surface area contributed by atoms with Crippen molar-refractivity contribution in [1.82, 2.24) is 0 Å². The van der Waals surface area contributed by atoms with Gasteiger partial charge in [0.1, 0.15) is 5.78 Å². The van der Waals surface area contributed by atoms with E-state index < -0.39 is 11.4 Å². The van der Waals surface area contributed by atoms with Gasteiger partial charge in [-0.3, -0.25) is 4.79 Å². The average Bonchev–Trinajstić information content (AvgIpc) is 3.15. The molecule has 2 spiro atoms.